The summed E-state index contributed by atoms with van der Waals surface area (Å²) >= 11 is 9.21. The average Bonchev–Trinajstić information content (AvgIpc) is 3.06. The van der Waals surface area contributed by atoms with Gasteiger partial charge in [-0.05, 0) is 42.5 Å². The van der Waals surface area contributed by atoms with Crippen molar-refractivity contribution in [3.8, 4) is 17.1 Å². The Labute approximate surface area is 157 Å². The summed E-state index contributed by atoms with van der Waals surface area (Å²) in [5, 5.41) is 14.2. The number of rotatable bonds is 4. The minimum absolute atomic E-state index is 0.116. The highest BCUT2D eigenvalue weighted by Gasteiger charge is 2.10. The molecule has 0 atom stereocenters. The van der Waals surface area contributed by atoms with Crippen LogP contribution in [0.3, 0.4) is 0 Å². The molecule has 25 heavy (non-hydrogen) atoms. The zero-order valence-electron chi connectivity index (χ0n) is 12.7. The number of halogens is 2. The fraction of sp³-hybridized carbons (Fsp3) is 0. The van der Waals surface area contributed by atoms with Gasteiger partial charge in [0.15, 0.2) is 0 Å². The van der Waals surface area contributed by atoms with Crippen LogP contribution in [-0.4, -0.2) is 17.2 Å². The Morgan fingerprint density at radius 1 is 1.20 bits per heavy atom. The van der Waals surface area contributed by atoms with E-state index in [4.69, 9.17) is 16.0 Å². The van der Waals surface area contributed by atoms with Crippen molar-refractivity contribution in [1.29, 1.82) is 0 Å². The van der Waals surface area contributed by atoms with Crippen molar-refractivity contribution in [2.75, 3.05) is 0 Å². The normalized spacial score (nSPS) is 11.0. The number of aromatic hydroxyl groups is 1. The summed E-state index contributed by atoms with van der Waals surface area (Å²) < 4.78 is 6.32. The molecule has 0 radical (unpaired) electrons. The quantitative estimate of drug-likeness (QED) is 0.470. The van der Waals surface area contributed by atoms with E-state index < -0.39 is 5.91 Å². The molecular formula is C18H12BrClN2O3. The van der Waals surface area contributed by atoms with Gasteiger partial charge in [0.2, 0.25) is 0 Å². The van der Waals surface area contributed by atoms with Crippen molar-refractivity contribution in [2.24, 2.45) is 5.10 Å². The number of benzene rings is 2. The first-order chi connectivity index (χ1) is 12.0. The fourth-order valence-corrected chi connectivity index (χ4v) is 2.68. The summed E-state index contributed by atoms with van der Waals surface area (Å²) in [6, 6.07) is 15.4. The zero-order valence-corrected chi connectivity index (χ0v) is 15.1. The van der Waals surface area contributed by atoms with E-state index in [1.807, 2.05) is 12.1 Å². The molecule has 7 heteroatoms. The van der Waals surface area contributed by atoms with Gasteiger partial charge < -0.3 is 9.52 Å². The minimum atomic E-state index is -0.531. The fourth-order valence-electron chi connectivity index (χ4n) is 2.12. The molecule has 3 rings (SSSR count). The predicted molar refractivity (Wildman–Crippen MR) is 100 cm³/mol. The Balaban J connectivity index is 1.69. The van der Waals surface area contributed by atoms with Gasteiger partial charge in [-0.2, -0.15) is 5.10 Å². The summed E-state index contributed by atoms with van der Waals surface area (Å²) in [6.07, 6.45) is 1.38. The molecule has 2 aromatic carbocycles. The third-order valence-corrected chi connectivity index (χ3v) is 4.03. The van der Waals surface area contributed by atoms with Gasteiger partial charge in [0, 0.05) is 15.1 Å². The number of hydrazone groups is 1. The highest BCUT2D eigenvalue weighted by molar-refractivity contribution is 9.10. The number of nitrogens with zero attached hydrogens (tertiary/aromatic N) is 1. The van der Waals surface area contributed by atoms with E-state index in [0.29, 0.717) is 21.0 Å². The number of carbonyl (C=O) groups is 1. The maximum Gasteiger partial charge on any atom is 0.275 e. The SMILES string of the molecule is O=C(N/N=C\c1ccc(-c2cccc(Cl)c2)o1)c1cc(Br)ccc1O. The molecule has 0 bridgehead atoms. The van der Waals surface area contributed by atoms with Crippen molar-refractivity contribution in [1.82, 2.24) is 5.43 Å². The molecule has 0 spiro atoms. The smallest absolute Gasteiger partial charge is 0.275 e. The van der Waals surface area contributed by atoms with Gasteiger partial charge in [0.25, 0.3) is 5.91 Å². The molecule has 0 aliphatic carbocycles. The minimum Gasteiger partial charge on any atom is -0.507 e. The van der Waals surface area contributed by atoms with E-state index in [1.165, 1.54) is 18.3 Å². The lowest BCUT2D eigenvalue weighted by atomic mass is 10.2. The number of phenols is 1. The molecule has 0 saturated heterocycles. The zero-order chi connectivity index (χ0) is 17.8. The van der Waals surface area contributed by atoms with Crippen LogP contribution >= 0.6 is 27.5 Å². The molecule has 1 aromatic heterocycles. The molecule has 126 valence electrons. The topological polar surface area (TPSA) is 74.8 Å². The third-order valence-electron chi connectivity index (χ3n) is 3.30. The van der Waals surface area contributed by atoms with Gasteiger partial charge in [0.05, 0.1) is 11.8 Å². The molecule has 1 amide bonds. The van der Waals surface area contributed by atoms with Crippen molar-refractivity contribution < 1.29 is 14.3 Å². The van der Waals surface area contributed by atoms with Crippen LogP contribution in [0.15, 0.2) is 68.6 Å². The van der Waals surface area contributed by atoms with Crippen LogP contribution < -0.4 is 5.43 Å². The molecule has 3 aromatic rings. The Hall–Kier alpha value is -2.57. The van der Waals surface area contributed by atoms with E-state index in [0.717, 1.165) is 5.56 Å². The lowest BCUT2D eigenvalue weighted by molar-refractivity contribution is 0.0952. The summed E-state index contributed by atoms with van der Waals surface area (Å²) in [5.41, 5.74) is 3.30. The predicted octanol–water partition coefficient (Wildman–Crippen LogP) is 4.83. The van der Waals surface area contributed by atoms with Crippen LogP contribution in [0.4, 0.5) is 0 Å². The Morgan fingerprint density at radius 2 is 2.04 bits per heavy atom. The van der Waals surface area contributed by atoms with E-state index in [-0.39, 0.29) is 11.3 Å². The van der Waals surface area contributed by atoms with Crippen LogP contribution in [0.5, 0.6) is 5.75 Å². The van der Waals surface area contributed by atoms with Crippen molar-refractivity contribution in [3.05, 3.63) is 75.4 Å². The molecule has 0 saturated carbocycles. The van der Waals surface area contributed by atoms with Crippen LogP contribution in [0.1, 0.15) is 16.1 Å². The van der Waals surface area contributed by atoms with Crippen molar-refractivity contribution >= 4 is 39.7 Å². The number of phenolic OH excluding ortho intramolecular Hbond substituents is 1. The van der Waals surface area contributed by atoms with Crippen LogP contribution in [-0.2, 0) is 0 Å². The second-order valence-corrected chi connectivity index (χ2v) is 6.43. The van der Waals surface area contributed by atoms with Crippen LogP contribution in [0, 0.1) is 0 Å². The molecule has 5 nitrogen and oxygen atoms in total. The summed E-state index contributed by atoms with van der Waals surface area (Å²) in [5.74, 6) is 0.447. The van der Waals surface area contributed by atoms with Gasteiger partial charge in [0.1, 0.15) is 17.3 Å². The molecular weight excluding hydrogens is 408 g/mol. The van der Waals surface area contributed by atoms with Gasteiger partial charge >= 0.3 is 0 Å². The Kier molecular flexibility index (Phi) is 5.21. The number of hydrogen-bond acceptors (Lipinski definition) is 4. The molecule has 0 unspecified atom stereocenters. The number of furan rings is 1. The monoisotopic (exact) mass is 418 g/mol. The first-order valence-corrected chi connectivity index (χ1v) is 8.38. The Morgan fingerprint density at radius 3 is 2.84 bits per heavy atom. The lowest BCUT2D eigenvalue weighted by Crippen LogP contribution is -2.17. The first kappa shape index (κ1) is 17.3. The van der Waals surface area contributed by atoms with Crippen molar-refractivity contribution in [2.45, 2.75) is 0 Å². The van der Waals surface area contributed by atoms with E-state index in [9.17, 15) is 9.90 Å². The first-order valence-electron chi connectivity index (χ1n) is 7.20. The molecule has 0 aliphatic heterocycles. The van der Waals surface area contributed by atoms with E-state index in [1.54, 1.807) is 30.3 Å². The van der Waals surface area contributed by atoms with Gasteiger partial charge in [-0.15, -0.1) is 0 Å². The summed E-state index contributed by atoms with van der Waals surface area (Å²) in [6.45, 7) is 0. The second-order valence-electron chi connectivity index (χ2n) is 5.07. The number of nitrogens with one attached hydrogen (secondary N) is 1. The summed E-state index contributed by atoms with van der Waals surface area (Å²) in [4.78, 5) is 12.0. The third kappa shape index (κ3) is 4.29. The highest BCUT2D eigenvalue weighted by Crippen LogP contribution is 2.24. The average molecular weight is 420 g/mol. The highest BCUT2D eigenvalue weighted by atomic mass is 79.9. The van der Waals surface area contributed by atoms with Crippen molar-refractivity contribution in [3.63, 3.8) is 0 Å². The Bertz CT molecular complexity index is 953. The second kappa shape index (κ2) is 7.55. The summed E-state index contributed by atoms with van der Waals surface area (Å²) in [7, 11) is 0. The van der Waals surface area contributed by atoms with Crippen LogP contribution in [0.25, 0.3) is 11.3 Å². The van der Waals surface area contributed by atoms with Gasteiger partial charge in [-0.25, -0.2) is 5.43 Å². The van der Waals surface area contributed by atoms with E-state index in [2.05, 4.69) is 26.5 Å². The standard InChI is InChI=1S/C18H12BrClN2O3/c19-12-4-6-16(23)15(9-12)18(24)22-21-10-14-5-7-17(25-14)11-2-1-3-13(20)8-11/h1-10,23H,(H,22,24)/b21-10-. The maximum absolute atomic E-state index is 12.0. The van der Waals surface area contributed by atoms with E-state index >= 15 is 0 Å². The molecule has 1 heterocycles. The largest absolute Gasteiger partial charge is 0.507 e. The van der Waals surface area contributed by atoms with Gasteiger partial charge in [-0.1, -0.05) is 39.7 Å². The molecule has 0 fully saturated rings. The van der Waals surface area contributed by atoms with Crippen LogP contribution in [0.2, 0.25) is 5.02 Å². The maximum atomic E-state index is 12.0. The molecule has 2 N–H and O–H groups in total. The number of amides is 1. The molecule has 0 aliphatic rings. The number of carbonyl (C=O) groups excluding carboxylic acids is 1. The lowest BCUT2D eigenvalue weighted by Gasteiger charge is -2.03. The number of hydrogen-bond donors (Lipinski definition) is 2. The van der Waals surface area contributed by atoms with Gasteiger partial charge in [-0.3, -0.25) is 4.79 Å².